The number of rotatable bonds is 5. The van der Waals surface area contributed by atoms with Crippen molar-refractivity contribution in [1.29, 1.82) is 0 Å². The van der Waals surface area contributed by atoms with Crippen LogP contribution in [0.15, 0.2) is 23.4 Å². The maximum Gasteiger partial charge on any atom is 0.173 e. The van der Waals surface area contributed by atoms with Gasteiger partial charge in [0.05, 0.1) is 11.6 Å². The fourth-order valence-corrected chi connectivity index (χ4v) is 1.52. The molecule has 0 saturated carbocycles. The monoisotopic (exact) mass is 249 g/mol. The van der Waals surface area contributed by atoms with Crippen molar-refractivity contribution in [3.8, 4) is 12.3 Å². The molecule has 0 amide bonds. The summed E-state index contributed by atoms with van der Waals surface area (Å²) in [5.74, 6) is 1.81. The molecule has 0 aliphatic heterocycles. The van der Waals surface area contributed by atoms with E-state index in [1.54, 1.807) is 12.1 Å². The van der Waals surface area contributed by atoms with Crippen LogP contribution in [-0.2, 0) is 6.54 Å². The lowest BCUT2D eigenvalue weighted by atomic mass is 10.1. The second-order valence-electron chi connectivity index (χ2n) is 3.77. The van der Waals surface area contributed by atoms with Crippen molar-refractivity contribution in [1.82, 2.24) is 5.32 Å². The Bertz CT molecular complexity index is 480. The molecule has 1 aromatic carbocycles. The fourth-order valence-electron chi connectivity index (χ4n) is 1.52. The number of terminal acetylenes is 1. The Morgan fingerprint density at radius 3 is 2.94 bits per heavy atom. The number of hydrogen-bond acceptors (Lipinski definition) is 3. The number of nitrogens with two attached hydrogens (primary N) is 1. The van der Waals surface area contributed by atoms with E-state index < -0.39 is 5.82 Å². The summed E-state index contributed by atoms with van der Waals surface area (Å²) in [6, 6.07) is 4.62. The van der Waals surface area contributed by atoms with Crippen molar-refractivity contribution in [2.24, 2.45) is 10.9 Å². The molecule has 0 spiro atoms. The molecular weight excluding hydrogens is 233 g/mol. The van der Waals surface area contributed by atoms with E-state index in [2.05, 4.69) is 16.4 Å². The quantitative estimate of drug-likeness (QED) is 0.243. The highest BCUT2D eigenvalue weighted by molar-refractivity contribution is 5.97. The zero-order valence-electron chi connectivity index (χ0n) is 10.2. The van der Waals surface area contributed by atoms with Crippen LogP contribution in [0.25, 0.3) is 0 Å². The number of nitrogens with zero attached hydrogens (tertiary/aromatic N) is 1. The van der Waals surface area contributed by atoms with Crippen LogP contribution < -0.4 is 11.1 Å². The van der Waals surface area contributed by atoms with Gasteiger partial charge in [0.1, 0.15) is 5.82 Å². The van der Waals surface area contributed by atoms with E-state index >= 15 is 0 Å². The Morgan fingerprint density at radius 2 is 2.39 bits per heavy atom. The summed E-state index contributed by atoms with van der Waals surface area (Å²) in [4.78, 5) is 0. The molecule has 4 N–H and O–H groups in total. The molecule has 5 heteroatoms. The van der Waals surface area contributed by atoms with Gasteiger partial charge in [-0.25, -0.2) is 4.39 Å². The Hall–Kier alpha value is -2.06. The first-order chi connectivity index (χ1) is 8.63. The molecule has 1 rings (SSSR count). The van der Waals surface area contributed by atoms with Crippen molar-refractivity contribution >= 4 is 5.84 Å². The molecule has 1 unspecified atom stereocenters. The van der Waals surface area contributed by atoms with Crippen LogP contribution in [0.3, 0.4) is 0 Å². The Morgan fingerprint density at radius 1 is 1.67 bits per heavy atom. The van der Waals surface area contributed by atoms with Gasteiger partial charge >= 0.3 is 0 Å². The smallest absolute Gasteiger partial charge is 0.173 e. The average molecular weight is 249 g/mol. The summed E-state index contributed by atoms with van der Waals surface area (Å²) in [6.45, 7) is 2.24. The number of hydrogen-bond donors (Lipinski definition) is 3. The van der Waals surface area contributed by atoms with E-state index in [0.717, 1.165) is 6.42 Å². The molecule has 0 heterocycles. The van der Waals surface area contributed by atoms with E-state index in [-0.39, 0.29) is 17.4 Å². The molecule has 0 radical (unpaired) electrons. The minimum atomic E-state index is -0.507. The number of oxime groups is 1. The summed E-state index contributed by atoms with van der Waals surface area (Å²) in [6.07, 6.45) is 6.07. The van der Waals surface area contributed by atoms with Crippen molar-refractivity contribution in [2.45, 2.75) is 25.9 Å². The average Bonchev–Trinajstić information content (AvgIpc) is 2.40. The van der Waals surface area contributed by atoms with Crippen LogP contribution in [-0.4, -0.2) is 17.1 Å². The highest BCUT2D eigenvalue weighted by Crippen LogP contribution is 2.13. The summed E-state index contributed by atoms with van der Waals surface area (Å²) in [5, 5.41) is 14.4. The van der Waals surface area contributed by atoms with Crippen molar-refractivity contribution in [3.63, 3.8) is 0 Å². The third kappa shape index (κ3) is 3.22. The molecule has 0 aromatic heterocycles. The molecule has 18 heavy (non-hydrogen) atoms. The molecule has 4 nitrogen and oxygen atoms in total. The van der Waals surface area contributed by atoms with Crippen LogP contribution >= 0.6 is 0 Å². The number of benzene rings is 1. The summed E-state index contributed by atoms with van der Waals surface area (Å²) in [5.41, 5.74) is 5.88. The molecule has 0 aliphatic carbocycles. The second kappa shape index (κ2) is 6.62. The van der Waals surface area contributed by atoms with Gasteiger partial charge in [-0.1, -0.05) is 30.1 Å². The number of amidine groups is 1. The van der Waals surface area contributed by atoms with E-state index in [1.807, 2.05) is 6.92 Å². The highest BCUT2D eigenvalue weighted by Gasteiger charge is 2.12. The molecule has 0 aliphatic rings. The van der Waals surface area contributed by atoms with Gasteiger partial charge in [0.25, 0.3) is 0 Å². The zero-order valence-corrected chi connectivity index (χ0v) is 10.2. The third-order valence-electron chi connectivity index (χ3n) is 2.61. The molecule has 1 aromatic rings. The lowest BCUT2D eigenvalue weighted by molar-refractivity contribution is 0.318. The van der Waals surface area contributed by atoms with Crippen LogP contribution in [0.1, 0.15) is 24.5 Å². The van der Waals surface area contributed by atoms with Crippen LogP contribution in [0.2, 0.25) is 0 Å². The molecule has 96 valence electrons. The molecule has 1 atom stereocenters. The van der Waals surface area contributed by atoms with Gasteiger partial charge in [-0.05, 0) is 12.5 Å². The zero-order chi connectivity index (χ0) is 13.5. The lowest BCUT2D eigenvalue weighted by Crippen LogP contribution is -2.27. The molecule has 0 fully saturated rings. The second-order valence-corrected chi connectivity index (χ2v) is 3.77. The highest BCUT2D eigenvalue weighted by atomic mass is 19.1. The van der Waals surface area contributed by atoms with Crippen LogP contribution in [0.5, 0.6) is 0 Å². The Kier molecular flexibility index (Phi) is 5.15. The Labute approximate surface area is 106 Å². The molecule has 0 bridgehead atoms. The first kappa shape index (κ1) is 14.0. The van der Waals surface area contributed by atoms with E-state index in [4.69, 9.17) is 17.4 Å². The SMILES string of the molecule is C#CC(CC)NCc1cccc(/C(N)=N/O)c1F. The normalized spacial score (nSPS) is 13.1. The minimum absolute atomic E-state index is 0.0746. The first-order valence-corrected chi connectivity index (χ1v) is 5.58. The van der Waals surface area contributed by atoms with E-state index in [1.165, 1.54) is 6.07 Å². The predicted molar refractivity (Wildman–Crippen MR) is 68.7 cm³/mol. The fraction of sp³-hybridized carbons (Fsp3) is 0.308. The van der Waals surface area contributed by atoms with Crippen molar-refractivity contribution in [3.05, 3.63) is 35.1 Å². The minimum Gasteiger partial charge on any atom is -0.409 e. The van der Waals surface area contributed by atoms with Gasteiger partial charge in [-0.3, -0.25) is 5.32 Å². The van der Waals surface area contributed by atoms with Crippen molar-refractivity contribution < 1.29 is 9.60 Å². The molecular formula is C13H16FN3O. The topological polar surface area (TPSA) is 70.6 Å². The van der Waals surface area contributed by atoms with Crippen LogP contribution in [0, 0.1) is 18.2 Å². The van der Waals surface area contributed by atoms with Gasteiger partial charge in [-0.2, -0.15) is 0 Å². The van der Waals surface area contributed by atoms with Crippen molar-refractivity contribution in [2.75, 3.05) is 0 Å². The standard InChI is InChI=1S/C13H16FN3O/c1-3-10(4-2)16-8-9-6-5-7-11(12(9)14)13(15)17-18/h1,5-7,10,16,18H,4,8H2,2H3,(H2,15,17). The van der Waals surface area contributed by atoms with Crippen LogP contribution in [0.4, 0.5) is 4.39 Å². The van der Waals surface area contributed by atoms with Gasteiger partial charge in [0.2, 0.25) is 0 Å². The summed E-state index contributed by atoms with van der Waals surface area (Å²) in [7, 11) is 0. The van der Waals surface area contributed by atoms with Gasteiger partial charge in [-0.15, -0.1) is 6.42 Å². The van der Waals surface area contributed by atoms with Gasteiger partial charge in [0, 0.05) is 12.1 Å². The maximum atomic E-state index is 14.0. The maximum absolute atomic E-state index is 14.0. The van der Waals surface area contributed by atoms with Gasteiger partial charge < -0.3 is 10.9 Å². The first-order valence-electron chi connectivity index (χ1n) is 5.58. The lowest BCUT2D eigenvalue weighted by Gasteiger charge is -2.12. The molecule has 0 saturated heterocycles. The summed E-state index contributed by atoms with van der Waals surface area (Å²) < 4.78 is 14.0. The predicted octanol–water partition coefficient (Wildman–Crippen LogP) is 1.42. The number of nitrogens with one attached hydrogen (secondary N) is 1. The van der Waals surface area contributed by atoms with Gasteiger partial charge in [0.15, 0.2) is 5.84 Å². The Balaban J connectivity index is 2.88. The van der Waals surface area contributed by atoms with E-state index in [0.29, 0.717) is 12.1 Å². The largest absolute Gasteiger partial charge is 0.409 e. The number of halogens is 1. The summed E-state index contributed by atoms with van der Waals surface area (Å²) >= 11 is 0. The third-order valence-corrected chi connectivity index (χ3v) is 2.61. The van der Waals surface area contributed by atoms with E-state index in [9.17, 15) is 4.39 Å².